The molecule has 0 aliphatic rings. The van der Waals surface area contributed by atoms with Gasteiger partial charge in [-0.3, -0.25) is 4.72 Å². The number of halogens is 1. The first-order valence-electron chi connectivity index (χ1n) is 6.67. The van der Waals surface area contributed by atoms with E-state index in [-0.39, 0.29) is 5.03 Å². The van der Waals surface area contributed by atoms with Crippen molar-refractivity contribution >= 4 is 31.6 Å². The van der Waals surface area contributed by atoms with Gasteiger partial charge in [0, 0.05) is 17.2 Å². The van der Waals surface area contributed by atoms with Gasteiger partial charge in [-0.2, -0.15) is 8.42 Å². The number of rotatable bonds is 5. The average Bonchev–Trinajstić information content (AvgIpc) is 2.78. The second kappa shape index (κ2) is 6.19. The predicted octanol–water partition coefficient (Wildman–Crippen LogP) is 3.47. The Hall–Kier alpha value is -1.34. The molecule has 1 N–H and O–H groups in total. The molecule has 0 saturated heterocycles. The Balaban J connectivity index is 2.34. The summed E-state index contributed by atoms with van der Waals surface area (Å²) < 4.78 is 30.2. The summed E-state index contributed by atoms with van der Waals surface area (Å²) in [7, 11) is -3.68. The Labute approximate surface area is 133 Å². The number of hydrogen-bond acceptors (Lipinski definition) is 3. The molecule has 0 saturated carbocycles. The molecule has 1 aromatic heterocycles. The van der Waals surface area contributed by atoms with Crippen LogP contribution in [0.1, 0.15) is 24.7 Å². The first-order valence-corrected chi connectivity index (χ1v) is 8.94. The van der Waals surface area contributed by atoms with E-state index in [2.05, 4.69) is 25.6 Å². The van der Waals surface area contributed by atoms with E-state index < -0.39 is 10.0 Å². The smallest absolute Gasteiger partial charge is 0.280 e. The molecule has 114 valence electrons. The van der Waals surface area contributed by atoms with E-state index in [4.69, 9.17) is 0 Å². The Morgan fingerprint density at radius 1 is 1.33 bits per heavy atom. The van der Waals surface area contributed by atoms with Gasteiger partial charge < -0.3 is 4.57 Å². The van der Waals surface area contributed by atoms with Crippen LogP contribution in [-0.4, -0.2) is 18.0 Å². The summed E-state index contributed by atoms with van der Waals surface area (Å²) in [5.74, 6) is 0.697. The molecule has 0 spiro atoms. The van der Waals surface area contributed by atoms with Gasteiger partial charge in [-0.05, 0) is 38.0 Å². The van der Waals surface area contributed by atoms with E-state index in [0.717, 1.165) is 23.0 Å². The molecule has 21 heavy (non-hydrogen) atoms. The van der Waals surface area contributed by atoms with Crippen molar-refractivity contribution in [1.82, 2.24) is 9.55 Å². The van der Waals surface area contributed by atoms with Crippen molar-refractivity contribution in [3.8, 4) is 0 Å². The fraction of sp³-hybridized carbons (Fsp3) is 0.357. The summed E-state index contributed by atoms with van der Waals surface area (Å²) in [5, 5.41) is 0.0489. The first kappa shape index (κ1) is 16.0. The van der Waals surface area contributed by atoms with E-state index in [1.54, 1.807) is 25.3 Å². The van der Waals surface area contributed by atoms with Crippen LogP contribution in [0.25, 0.3) is 0 Å². The molecule has 0 bridgehead atoms. The highest BCUT2D eigenvalue weighted by Crippen LogP contribution is 2.25. The van der Waals surface area contributed by atoms with E-state index >= 15 is 0 Å². The van der Waals surface area contributed by atoms with Crippen LogP contribution in [0.15, 0.2) is 33.9 Å². The molecule has 0 aliphatic carbocycles. The van der Waals surface area contributed by atoms with Gasteiger partial charge in [0.25, 0.3) is 10.0 Å². The lowest BCUT2D eigenvalue weighted by Gasteiger charge is -2.09. The lowest BCUT2D eigenvalue weighted by atomic mass is 10.2. The summed E-state index contributed by atoms with van der Waals surface area (Å²) >= 11 is 3.39. The minimum absolute atomic E-state index is 0.0489. The van der Waals surface area contributed by atoms with Gasteiger partial charge in [0.1, 0.15) is 5.82 Å². The minimum atomic E-state index is -3.68. The van der Waals surface area contributed by atoms with Crippen molar-refractivity contribution in [1.29, 1.82) is 0 Å². The van der Waals surface area contributed by atoms with Crippen LogP contribution in [0.4, 0.5) is 5.69 Å². The number of anilines is 1. The lowest BCUT2D eigenvalue weighted by Crippen LogP contribution is -2.14. The number of imidazole rings is 1. The highest BCUT2D eigenvalue weighted by atomic mass is 79.9. The van der Waals surface area contributed by atoms with Gasteiger partial charge in [-0.15, -0.1) is 0 Å². The maximum Gasteiger partial charge on any atom is 0.280 e. The second-order valence-electron chi connectivity index (χ2n) is 4.84. The molecule has 0 unspecified atom stereocenters. The van der Waals surface area contributed by atoms with Gasteiger partial charge in [0.05, 0.1) is 5.69 Å². The maximum absolute atomic E-state index is 12.4. The van der Waals surface area contributed by atoms with Crippen LogP contribution < -0.4 is 4.72 Å². The highest BCUT2D eigenvalue weighted by Gasteiger charge is 2.20. The first-order chi connectivity index (χ1) is 9.85. The second-order valence-corrected chi connectivity index (χ2v) is 7.32. The van der Waals surface area contributed by atoms with Crippen LogP contribution in [0.3, 0.4) is 0 Å². The summed E-state index contributed by atoms with van der Waals surface area (Å²) in [6.45, 7) is 6.45. The molecule has 0 radical (unpaired) electrons. The van der Waals surface area contributed by atoms with Crippen molar-refractivity contribution in [3.05, 3.63) is 40.3 Å². The number of hydrogen-bond donors (Lipinski definition) is 1. The van der Waals surface area contributed by atoms with Gasteiger partial charge in [-0.1, -0.05) is 28.9 Å². The zero-order chi connectivity index (χ0) is 15.6. The summed E-state index contributed by atoms with van der Waals surface area (Å²) in [6.07, 6.45) is 2.50. The SMILES string of the molecule is CCCn1cc(S(=O)(=O)Nc2cccc(Br)c2C)nc1C. The molecular formula is C14H18BrN3O2S. The molecule has 1 heterocycles. The fourth-order valence-corrected chi connectivity index (χ4v) is 3.49. The van der Waals surface area contributed by atoms with Gasteiger partial charge in [0.2, 0.25) is 0 Å². The number of benzene rings is 1. The van der Waals surface area contributed by atoms with E-state index in [1.165, 1.54) is 0 Å². The number of nitrogens with one attached hydrogen (secondary N) is 1. The van der Waals surface area contributed by atoms with Crippen molar-refractivity contribution in [2.45, 2.75) is 38.8 Å². The van der Waals surface area contributed by atoms with Crippen molar-refractivity contribution in [2.75, 3.05) is 4.72 Å². The van der Waals surface area contributed by atoms with E-state index in [0.29, 0.717) is 11.5 Å². The number of aryl methyl sites for hydroxylation is 2. The predicted molar refractivity (Wildman–Crippen MR) is 86.9 cm³/mol. The van der Waals surface area contributed by atoms with Crippen molar-refractivity contribution in [3.63, 3.8) is 0 Å². The Morgan fingerprint density at radius 2 is 2.05 bits per heavy atom. The standard InChI is InChI=1S/C14H18BrN3O2S/c1-4-8-18-9-14(16-11(18)3)21(19,20)17-13-7-5-6-12(15)10(13)2/h5-7,9,17H,4,8H2,1-3H3. The van der Waals surface area contributed by atoms with E-state index in [1.807, 2.05) is 24.5 Å². The molecule has 5 nitrogen and oxygen atoms in total. The number of nitrogens with zero attached hydrogens (tertiary/aromatic N) is 2. The van der Waals surface area contributed by atoms with Crippen LogP contribution >= 0.6 is 15.9 Å². The van der Waals surface area contributed by atoms with Crippen molar-refractivity contribution in [2.24, 2.45) is 0 Å². The Bertz CT molecular complexity index is 754. The van der Waals surface area contributed by atoms with Gasteiger partial charge in [0.15, 0.2) is 5.03 Å². The quantitative estimate of drug-likeness (QED) is 0.874. The van der Waals surface area contributed by atoms with Gasteiger partial charge >= 0.3 is 0 Å². The molecule has 7 heteroatoms. The van der Waals surface area contributed by atoms with Gasteiger partial charge in [-0.25, -0.2) is 4.98 Å². The van der Waals surface area contributed by atoms with Crippen molar-refractivity contribution < 1.29 is 8.42 Å². The molecule has 0 aliphatic heterocycles. The molecule has 2 rings (SSSR count). The third kappa shape index (κ3) is 3.47. The zero-order valence-electron chi connectivity index (χ0n) is 12.2. The summed E-state index contributed by atoms with van der Waals surface area (Å²) in [4.78, 5) is 4.15. The fourth-order valence-electron chi connectivity index (χ4n) is 1.99. The van der Waals surface area contributed by atoms with Crippen LogP contribution in [0.2, 0.25) is 0 Å². The largest absolute Gasteiger partial charge is 0.334 e. The molecule has 0 atom stereocenters. The topological polar surface area (TPSA) is 64.0 Å². The third-order valence-electron chi connectivity index (χ3n) is 3.21. The van der Waals surface area contributed by atoms with E-state index in [9.17, 15) is 8.42 Å². The normalized spacial score (nSPS) is 11.6. The lowest BCUT2D eigenvalue weighted by molar-refractivity contribution is 0.597. The number of sulfonamides is 1. The molecular weight excluding hydrogens is 354 g/mol. The minimum Gasteiger partial charge on any atom is -0.334 e. The monoisotopic (exact) mass is 371 g/mol. The molecule has 1 aromatic carbocycles. The van der Waals surface area contributed by atoms with Crippen LogP contribution in [0.5, 0.6) is 0 Å². The highest BCUT2D eigenvalue weighted by molar-refractivity contribution is 9.10. The Kier molecular flexibility index (Phi) is 4.73. The summed E-state index contributed by atoms with van der Waals surface area (Å²) in [5.41, 5.74) is 1.39. The molecule has 0 amide bonds. The third-order valence-corrected chi connectivity index (χ3v) is 5.30. The molecule has 2 aromatic rings. The average molecular weight is 372 g/mol. The number of aromatic nitrogens is 2. The molecule has 0 fully saturated rings. The summed E-state index contributed by atoms with van der Waals surface area (Å²) in [6, 6.07) is 5.39. The Morgan fingerprint density at radius 3 is 2.71 bits per heavy atom. The van der Waals surface area contributed by atoms with Crippen LogP contribution in [-0.2, 0) is 16.6 Å². The zero-order valence-corrected chi connectivity index (χ0v) is 14.6. The maximum atomic E-state index is 12.4. The van der Waals surface area contributed by atoms with Crippen LogP contribution in [0, 0.1) is 13.8 Å².